The summed E-state index contributed by atoms with van der Waals surface area (Å²) in [6.45, 7) is 3.85. The predicted molar refractivity (Wildman–Crippen MR) is 124 cm³/mol. The third-order valence-electron chi connectivity index (χ3n) is 7.04. The normalized spacial score (nSPS) is 22.2. The number of fused-ring (bicyclic) bond motifs is 1. The Kier molecular flexibility index (Phi) is 7.70. The molecule has 2 heterocycles. The third kappa shape index (κ3) is 5.18. The number of amides is 3. The van der Waals surface area contributed by atoms with Gasteiger partial charge in [0.1, 0.15) is 0 Å². The first kappa shape index (κ1) is 24.0. The monoisotopic (exact) mass is 471 g/mol. The molecule has 2 atom stereocenters. The van der Waals surface area contributed by atoms with Crippen molar-refractivity contribution in [2.45, 2.75) is 39.0 Å². The molecule has 9 nitrogen and oxygen atoms in total. The molecule has 2 fully saturated rings. The van der Waals surface area contributed by atoms with Gasteiger partial charge in [-0.05, 0) is 37.8 Å². The van der Waals surface area contributed by atoms with Crippen LogP contribution in [0.4, 0.5) is 10.5 Å². The van der Waals surface area contributed by atoms with Crippen molar-refractivity contribution in [1.82, 2.24) is 9.80 Å². The lowest BCUT2D eigenvalue weighted by Gasteiger charge is -2.34. The molecule has 3 amide bonds. The zero-order valence-electron chi connectivity index (χ0n) is 19.7. The van der Waals surface area contributed by atoms with E-state index in [1.807, 2.05) is 24.3 Å². The minimum atomic E-state index is -0.525. The average Bonchev–Trinajstić information content (AvgIpc) is 3.31. The molecule has 9 heteroatoms. The summed E-state index contributed by atoms with van der Waals surface area (Å²) in [5.41, 5.74) is 2.08. The topological polar surface area (TPSA) is 96.5 Å². The summed E-state index contributed by atoms with van der Waals surface area (Å²) in [5, 5.41) is 0. The Morgan fingerprint density at radius 3 is 2.29 bits per heavy atom. The second-order valence-corrected chi connectivity index (χ2v) is 9.04. The molecule has 0 radical (unpaired) electrons. The number of hydrogen-bond acceptors (Lipinski definition) is 6. The first-order valence-electron chi connectivity index (χ1n) is 12.2. The fourth-order valence-electron chi connectivity index (χ4n) is 5.16. The lowest BCUT2D eigenvalue weighted by Crippen LogP contribution is -2.51. The summed E-state index contributed by atoms with van der Waals surface area (Å²) >= 11 is 0. The first-order chi connectivity index (χ1) is 16.5. The highest BCUT2D eigenvalue weighted by molar-refractivity contribution is 5.99. The van der Waals surface area contributed by atoms with Crippen molar-refractivity contribution < 1.29 is 28.7 Å². The fraction of sp³-hybridized carbons (Fsp3) is 0.600. The Morgan fingerprint density at radius 1 is 0.882 bits per heavy atom. The Hall–Kier alpha value is -3.10. The molecule has 1 saturated carbocycles. The van der Waals surface area contributed by atoms with Gasteiger partial charge in [-0.3, -0.25) is 14.4 Å². The van der Waals surface area contributed by atoms with Crippen molar-refractivity contribution >= 4 is 29.6 Å². The molecule has 2 unspecified atom stereocenters. The molecule has 2 aliphatic heterocycles. The SMILES string of the molecule is CCOC(=O)N1CCN(C(=O)COC(=O)C2CCCCC2C(=O)N2CCc3ccccc32)CC1. The molecule has 0 N–H and O–H groups in total. The van der Waals surface area contributed by atoms with Gasteiger partial charge in [0.15, 0.2) is 6.61 Å². The molecular weight excluding hydrogens is 438 g/mol. The number of anilines is 1. The maximum Gasteiger partial charge on any atom is 0.409 e. The quantitative estimate of drug-likeness (QED) is 0.611. The molecule has 184 valence electrons. The first-order valence-corrected chi connectivity index (χ1v) is 12.2. The predicted octanol–water partition coefficient (Wildman–Crippen LogP) is 2.23. The summed E-state index contributed by atoms with van der Waals surface area (Å²) in [5.74, 6) is -1.72. The van der Waals surface area contributed by atoms with Gasteiger partial charge in [0.2, 0.25) is 5.91 Å². The van der Waals surface area contributed by atoms with Crippen molar-refractivity contribution in [2.75, 3.05) is 50.8 Å². The summed E-state index contributed by atoms with van der Waals surface area (Å²) in [4.78, 5) is 55.7. The van der Waals surface area contributed by atoms with Crippen LogP contribution in [0.1, 0.15) is 38.2 Å². The van der Waals surface area contributed by atoms with Gasteiger partial charge in [0.25, 0.3) is 5.91 Å². The molecule has 34 heavy (non-hydrogen) atoms. The number of ether oxygens (including phenoxy) is 2. The maximum absolute atomic E-state index is 13.4. The highest BCUT2D eigenvalue weighted by Gasteiger charge is 2.40. The summed E-state index contributed by atoms with van der Waals surface area (Å²) < 4.78 is 10.4. The summed E-state index contributed by atoms with van der Waals surface area (Å²) in [6, 6.07) is 7.89. The Bertz CT molecular complexity index is 927. The molecule has 4 rings (SSSR count). The maximum atomic E-state index is 13.4. The van der Waals surface area contributed by atoms with Gasteiger partial charge in [-0.25, -0.2) is 4.79 Å². The van der Waals surface area contributed by atoms with Crippen LogP contribution in [0.15, 0.2) is 24.3 Å². The van der Waals surface area contributed by atoms with E-state index < -0.39 is 17.8 Å². The minimum Gasteiger partial charge on any atom is -0.455 e. The average molecular weight is 472 g/mol. The van der Waals surface area contributed by atoms with E-state index in [-0.39, 0.29) is 24.5 Å². The Balaban J connectivity index is 1.30. The van der Waals surface area contributed by atoms with E-state index in [2.05, 4.69) is 0 Å². The second-order valence-electron chi connectivity index (χ2n) is 9.04. The van der Waals surface area contributed by atoms with E-state index in [0.717, 1.165) is 30.5 Å². The van der Waals surface area contributed by atoms with E-state index in [0.29, 0.717) is 52.2 Å². The van der Waals surface area contributed by atoms with Crippen LogP contribution >= 0.6 is 0 Å². The number of piperazine rings is 1. The lowest BCUT2D eigenvalue weighted by atomic mass is 9.78. The number of nitrogens with zero attached hydrogens (tertiary/aromatic N) is 3. The van der Waals surface area contributed by atoms with Crippen LogP contribution in [0.25, 0.3) is 0 Å². The fourth-order valence-corrected chi connectivity index (χ4v) is 5.16. The molecule has 0 spiro atoms. The van der Waals surface area contributed by atoms with Gasteiger partial charge >= 0.3 is 12.1 Å². The van der Waals surface area contributed by atoms with Gasteiger partial charge in [-0.2, -0.15) is 0 Å². The smallest absolute Gasteiger partial charge is 0.409 e. The van der Waals surface area contributed by atoms with Gasteiger partial charge in [0, 0.05) is 38.4 Å². The number of hydrogen-bond donors (Lipinski definition) is 0. The van der Waals surface area contributed by atoms with Crippen LogP contribution in [0.3, 0.4) is 0 Å². The van der Waals surface area contributed by atoms with E-state index in [1.165, 1.54) is 0 Å². The van der Waals surface area contributed by atoms with E-state index in [1.54, 1.807) is 21.6 Å². The third-order valence-corrected chi connectivity index (χ3v) is 7.04. The van der Waals surface area contributed by atoms with Gasteiger partial charge in [-0.1, -0.05) is 31.0 Å². The number of benzene rings is 1. The molecule has 1 saturated heterocycles. The molecule has 0 bridgehead atoms. The van der Waals surface area contributed by atoms with Crippen molar-refractivity contribution in [1.29, 1.82) is 0 Å². The Morgan fingerprint density at radius 2 is 1.56 bits per heavy atom. The molecule has 0 aromatic heterocycles. The molecule has 1 aliphatic carbocycles. The largest absolute Gasteiger partial charge is 0.455 e. The highest BCUT2D eigenvalue weighted by atomic mass is 16.6. The number of carbonyl (C=O) groups is 4. The van der Waals surface area contributed by atoms with Gasteiger partial charge in [-0.15, -0.1) is 0 Å². The molecule has 3 aliphatic rings. The van der Waals surface area contributed by atoms with Gasteiger partial charge in [0.05, 0.1) is 18.4 Å². The van der Waals surface area contributed by atoms with Gasteiger partial charge < -0.3 is 24.2 Å². The van der Waals surface area contributed by atoms with Crippen LogP contribution in [0, 0.1) is 11.8 Å². The standard InChI is InChI=1S/C25H33N3O6/c1-2-33-25(32)27-15-13-26(14-16-27)22(29)17-34-24(31)20-9-5-4-8-19(20)23(30)28-12-11-18-7-3-6-10-21(18)28/h3,6-7,10,19-20H,2,4-5,8-9,11-17H2,1H3. The van der Waals surface area contributed by atoms with Crippen molar-refractivity contribution in [2.24, 2.45) is 11.8 Å². The van der Waals surface area contributed by atoms with Crippen molar-refractivity contribution in [3.8, 4) is 0 Å². The van der Waals surface area contributed by atoms with E-state index >= 15 is 0 Å². The molecular formula is C25H33N3O6. The number of rotatable bonds is 5. The van der Waals surface area contributed by atoms with Crippen LogP contribution in [-0.2, 0) is 30.3 Å². The Labute approximate surface area is 200 Å². The lowest BCUT2D eigenvalue weighted by molar-refractivity contribution is -0.159. The zero-order chi connectivity index (χ0) is 24.1. The van der Waals surface area contributed by atoms with Crippen LogP contribution in [0.2, 0.25) is 0 Å². The van der Waals surface area contributed by atoms with Crippen LogP contribution < -0.4 is 4.90 Å². The second kappa shape index (κ2) is 10.9. The molecule has 1 aromatic rings. The van der Waals surface area contributed by atoms with Crippen LogP contribution in [-0.4, -0.2) is 79.6 Å². The number of para-hydroxylation sites is 1. The van der Waals surface area contributed by atoms with Crippen molar-refractivity contribution in [3.63, 3.8) is 0 Å². The minimum absolute atomic E-state index is 0.0204. The highest BCUT2D eigenvalue weighted by Crippen LogP contribution is 2.36. The van der Waals surface area contributed by atoms with Crippen molar-refractivity contribution in [3.05, 3.63) is 29.8 Å². The zero-order valence-corrected chi connectivity index (χ0v) is 19.7. The van der Waals surface area contributed by atoms with E-state index in [4.69, 9.17) is 9.47 Å². The summed E-state index contributed by atoms with van der Waals surface area (Å²) in [7, 11) is 0. The molecule has 1 aromatic carbocycles. The van der Waals surface area contributed by atoms with E-state index in [9.17, 15) is 19.2 Å². The number of carbonyl (C=O) groups excluding carboxylic acids is 4. The summed E-state index contributed by atoms with van der Waals surface area (Å²) in [6.07, 6.45) is 3.46. The number of esters is 1. The van der Waals surface area contributed by atoms with Crippen LogP contribution in [0.5, 0.6) is 0 Å².